The lowest BCUT2D eigenvalue weighted by molar-refractivity contribution is 0.198. The average Bonchev–Trinajstić information content (AvgIpc) is 2.62. The van der Waals surface area contributed by atoms with E-state index in [1.54, 1.807) is 32.2 Å². The summed E-state index contributed by atoms with van der Waals surface area (Å²) in [5.41, 5.74) is 3.14. The largest absolute Gasteiger partial charge is 0.507 e. The molecule has 0 radical (unpaired) electrons. The van der Waals surface area contributed by atoms with E-state index in [4.69, 9.17) is 9.05 Å². The molecule has 0 saturated heterocycles. The highest BCUT2D eigenvalue weighted by atomic mass is 31.2. The standard InChI is InChI=1S/C23H35N2O4P/c1-14(2)21(13-25-23-19(8)16(5)9-10-24-23)30(27,28-15(3)4)29-20-11-17(6)22(26)18(7)12-20/h9-12,14-15,21,26H,13H2,1-8H3,(H,24,25). The second-order valence-corrected chi connectivity index (χ2v) is 10.6. The number of rotatable bonds is 9. The zero-order valence-electron chi connectivity index (χ0n) is 19.3. The summed E-state index contributed by atoms with van der Waals surface area (Å²) >= 11 is 0. The topological polar surface area (TPSA) is 80.7 Å². The smallest absolute Gasteiger partial charge is 0.384 e. The number of aryl methyl sites for hydroxylation is 3. The van der Waals surface area contributed by atoms with Gasteiger partial charge < -0.3 is 14.9 Å². The molecule has 30 heavy (non-hydrogen) atoms. The van der Waals surface area contributed by atoms with Crippen molar-refractivity contribution in [1.82, 2.24) is 4.98 Å². The Morgan fingerprint density at radius 3 is 2.20 bits per heavy atom. The third-order valence-corrected chi connectivity index (χ3v) is 7.96. The van der Waals surface area contributed by atoms with Crippen molar-refractivity contribution in [1.29, 1.82) is 0 Å². The summed E-state index contributed by atoms with van der Waals surface area (Å²) in [6.45, 7) is 15.7. The van der Waals surface area contributed by atoms with E-state index in [0.717, 1.165) is 16.9 Å². The van der Waals surface area contributed by atoms with Crippen molar-refractivity contribution in [2.45, 2.75) is 67.2 Å². The van der Waals surface area contributed by atoms with Crippen molar-refractivity contribution in [2.24, 2.45) is 5.92 Å². The molecule has 2 atom stereocenters. The van der Waals surface area contributed by atoms with Gasteiger partial charge in [-0.3, -0.25) is 4.52 Å². The molecule has 0 bridgehead atoms. The summed E-state index contributed by atoms with van der Waals surface area (Å²) in [6, 6.07) is 5.34. The van der Waals surface area contributed by atoms with Crippen molar-refractivity contribution in [3.8, 4) is 11.5 Å². The van der Waals surface area contributed by atoms with Gasteiger partial charge in [0, 0.05) is 12.7 Å². The van der Waals surface area contributed by atoms with E-state index >= 15 is 0 Å². The third kappa shape index (κ3) is 5.77. The highest BCUT2D eigenvalue weighted by molar-refractivity contribution is 7.55. The molecule has 0 aliphatic carbocycles. The molecule has 2 unspecified atom stereocenters. The van der Waals surface area contributed by atoms with Crippen LogP contribution in [0, 0.1) is 33.6 Å². The molecule has 166 valence electrons. The van der Waals surface area contributed by atoms with Gasteiger partial charge in [0.2, 0.25) is 0 Å². The van der Waals surface area contributed by atoms with Gasteiger partial charge in [0.1, 0.15) is 17.3 Å². The Bertz CT molecular complexity index is 904. The molecule has 0 spiro atoms. The van der Waals surface area contributed by atoms with Gasteiger partial charge >= 0.3 is 7.60 Å². The zero-order chi connectivity index (χ0) is 22.6. The van der Waals surface area contributed by atoms with Crippen LogP contribution in [-0.4, -0.2) is 28.4 Å². The van der Waals surface area contributed by atoms with Crippen LogP contribution in [0.1, 0.15) is 49.9 Å². The number of aromatic hydroxyl groups is 1. The molecule has 0 saturated carbocycles. The van der Waals surface area contributed by atoms with Crippen molar-refractivity contribution >= 4 is 13.4 Å². The number of phenols is 1. The van der Waals surface area contributed by atoms with Crippen molar-refractivity contribution in [3.63, 3.8) is 0 Å². The minimum atomic E-state index is -3.55. The molecule has 2 aromatic rings. The van der Waals surface area contributed by atoms with Crippen LogP contribution in [-0.2, 0) is 9.09 Å². The highest BCUT2D eigenvalue weighted by Crippen LogP contribution is 2.56. The summed E-state index contributed by atoms with van der Waals surface area (Å²) in [7, 11) is -3.55. The summed E-state index contributed by atoms with van der Waals surface area (Å²) in [5.74, 6) is 1.45. The zero-order valence-corrected chi connectivity index (χ0v) is 20.2. The molecule has 6 nitrogen and oxygen atoms in total. The Morgan fingerprint density at radius 1 is 1.07 bits per heavy atom. The van der Waals surface area contributed by atoms with Crippen LogP contribution < -0.4 is 9.84 Å². The van der Waals surface area contributed by atoms with Gasteiger partial charge in [-0.1, -0.05) is 13.8 Å². The summed E-state index contributed by atoms with van der Waals surface area (Å²) in [6.07, 6.45) is 1.49. The predicted octanol–water partition coefficient (Wildman–Crippen LogP) is 6.15. The molecule has 1 aromatic heterocycles. The minimum absolute atomic E-state index is 0.0338. The SMILES string of the molecule is Cc1ccnc(NCC(C(C)C)P(=O)(Oc2cc(C)c(O)c(C)c2)OC(C)C)c1C. The maximum atomic E-state index is 14.0. The Morgan fingerprint density at radius 2 is 1.67 bits per heavy atom. The predicted molar refractivity (Wildman–Crippen MR) is 123 cm³/mol. The molecule has 2 rings (SSSR count). The summed E-state index contributed by atoms with van der Waals surface area (Å²) < 4.78 is 26.0. The van der Waals surface area contributed by atoms with Crippen molar-refractivity contribution in [3.05, 3.63) is 46.6 Å². The van der Waals surface area contributed by atoms with Crippen LogP contribution >= 0.6 is 7.60 Å². The van der Waals surface area contributed by atoms with E-state index in [2.05, 4.69) is 10.3 Å². The Kier molecular flexibility index (Phi) is 7.95. The monoisotopic (exact) mass is 434 g/mol. The third-order valence-electron chi connectivity index (χ3n) is 5.18. The second kappa shape index (κ2) is 9.84. The van der Waals surface area contributed by atoms with E-state index < -0.39 is 13.3 Å². The molecular weight excluding hydrogens is 399 g/mol. The van der Waals surface area contributed by atoms with E-state index in [9.17, 15) is 9.67 Å². The first kappa shape index (κ1) is 24.2. The van der Waals surface area contributed by atoms with E-state index in [1.807, 2.05) is 47.6 Å². The van der Waals surface area contributed by atoms with Crippen LogP contribution in [0.5, 0.6) is 11.5 Å². The van der Waals surface area contributed by atoms with Crippen molar-refractivity contribution < 1.29 is 18.7 Å². The Labute approximate surface area is 180 Å². The van der Waals surface area contributed by atoms with Crippen LogP contribution in [0.4, 0.5) is 5.82 Å². The Hall–Kier alpha value is -2.04. The number of hydrogen-bond donors (Lipinski definition) is 2. The van der Waals surface area contributed by atoms with Gasteiger partial charge in [0.25, 0.3) is 0 Å². The molecule has 7 heteroatoms. The lowest BCUT2D eigenvalue weighted by Crippen LogP contribution is -2.30. The highest BCUT2D eigenvalue weighted by Gasteiger charge is 2.40. The quantitative estimate of drug-likeness (QED) is 0.461. The van der Waals surface area contributed by atoms with E-state index in [1.165, 1.54) is 0 Å². The molecule has 0 aliphatic heterocycles. The van der Waals surface area contributed by atoms with Gasteiger partial charge in [0.05, 0.1) is 11.8 Å². The van der Waals surface area contributed by atoms with Gasteiger partial charge in [0.15, 0.2) is 0 Å². The number of nitrogens with zero attached hydrogens (tertiary/aromatic N) is 1. The molecule has 2 N–H and O–H groups in total. The summed E-state index contributed by atoms with van der Waals surface area (Å²) in [5, 5.41) is 13.4. The van der Waals surface area contributed by atoms with Crippen LogP contribution in [0.2, 0.25) is 0 Å². The number of phenolic OH excluding ortho intramolecular Hbond substituents is 1. The number of pyridine rings is 1. The lowest BCUT2D eigenvalue weighted by atomic mass is 10.1. The fourth-order valence-corrected chi connectivity index (χ4v) is 5.67. The molecule has 1 aromatic carbocycles. The molecule has 0 aliphatic rings. The molecule has 0 amide bonds. The van der Waals surface area contributed by atoms with Crippen molar-refractivity contribution in [2.75, 3.05) is 11.9 Å². The van der Waals surface area contributed by atoms with Crippen LogP contribution in [0.3, 0.4) is 0 Å². The fraction of sp³-hybridized carbons (Fsp3) is 0.522. The fourth-order valence-electron chi connectivity index (χ4n) is 3.30. The van der Waals surface area contributed by atoms with Gasteiger partial charge in [-0.15, -0.1) is 0 Å². The van der Waals surface area contributed by atoms with Gasteiger partial charge in [-0.05, 0) is 87.9 Å². The van der Waals surface area contributed by atoms with Gasteiger partial charge in [-0.25, -0.2) is 9.55 Å². The Balaban J connectivity index is 2.36. The molecular formula is C23H35N2O4P. The number of aromatic nitrogens is 1. The van der Waals surface area contributed by atoms with E-state index in [-0.39, 0.29) is 17.8 Å². The maximum absolute atomic E-state index is 14.0. The minimum Gasteiger partial charge on any atom is -0.507 e. The second-order valence-electron chi connectivity index (χ2n) is 8.48. The average molecular weight is 435 g/mol. The molecule has 0 fully saturated rings. The first-order valence-corrected chi connectivity index (χ1v) is 12.0. The van der Waals surface area contributed by atoms with Gasteiger partial charge in [-0.2, -0.15) is 0 Å². The normalized spacial score (nSPS) is 14.6. The van der Waals surface area contributed by atoms with Crippen LogP contribution in [0.15, 0.2) is 24.4 Å². The first-order valence-electron chi connectivity index (χ1n) is 10.4. The number of nitrogens with one attached hydrogen (secondary N) is 1. The molecule has 1 heterocycles. The lowest BCUT2D eigenvalue weighted by Gasteiger charge is -2.31. The summed E-state index contributed by atoms with van der Waals surface area (Å²) in [4.78, 5) is 4.42. The first-order chi connectivity index (χ1) is 13.9. The number of hydrogen-bond acceptors (Lipinski definition) is 6. The number of anilines is 1. The van der Waals surface area contributed by atoms with Crippen LogP contribution in [0.25, 0.3) is 0 Å². The van der Waals surface area contributed by atoms with E-state index in [0.29, 0.717) is 23.4 Å². The number of benzene rings is 1. The maximum Gasteiger partial charge on any atom is 0.384 e.